The normalized spacial score (nSPS) is 25.4. The largest absolute Gasteiger partial charge is 0.348 e. The maximum Gasteiger partial charge on any atom is 0.257 e. The van der Waals surface area contributed by atoms with E-state index in [1.165, 1.54) is 6.07 Å². The molecule has 1 fully saturated rings. The molecule has 1 aliphatic rings. The van der Waals surface area contributed by atoms with Crippen LogP contribution < -0.4 is 11.1 Å². The Morgan fingerprint density at radius 2 is 1.94 bits per heavy atom. The van der Waals surface area contributed by atoms with Gasteiger partial charge in [0.25, 0.3) is 5.91 Å². The van der Waals surface area contributed by atoms with Gasteiger partial charge in [-0.1, -0.05) is 19.9 Å². The Kier molecular flexibility index (Phi) is 3.11. The van der Waals surface area contributed by atoms with E-state index in [1.807, 2.05) is 13.8 Å². The highest BCUT2D eigenvalue weighted by atomic mass is 19.1. The second-order valence-corrected chi connectivity index (χ2v) is 5.29. The van der Waals surface area contributed by atoms with Crippen molar-refractivity contribution in [2.45, 2.75) is 32.4 Å². The van der Waals surface area contributed by atoms with Crippen molar-refractivity contribution in [3.8, 4) is 0 Å². The zero-order chi connectivity index (χ0) is 13.5. The van der Waals surface area contributed by atoms with Crippen molar-refractivity contribution < 1.29 is 13.6 Å². The summed E-state index contributed by atoms with van der Waals surface area (Å²) in [5, 5.41) is 2.64. The van der Waals surface area contributed by atoms with Crippen LogP contribution in [-0.2, 0) is 0 Å². The monoisotopic (exact) mass is 254 g/mol. The standard InChI is InChI=1S/C13H16F2N2O/c1-13(2)9(16)6-10(13)17-12(18)11-7(14)4-3-5-8(11)15/h3-5,9-10H,6,16H2,1-2H3,(H,17,18). The molecule has 2 atom stereocenters. The van der Waals surface area contributed by atoms with Crippen LogP contribution in [0.15, 0.2) is 18.2 Å². The van der Waals surface area contributed by atoms with Gasteiger partial charge in [-0.25, -0.2) is 8.78 Å². The molecule has 0 aliphatic heterocycles. The van der Waals surface area contributed by atoms with Gasteiger partial charge in [-0.2, -0.15) is 0 Å². The predicted molar refractivity (Wildman–Crippen MR) is 64.0 cm³/mol. The number of benzene rings is 1. The van der Waals surface area contributed by atoms with Crippen molar-refractivity contribution in [1.29, 1.82) is 0 Å². The third-order valence-corrected chi connectivity index (χ3v) is 3.84. The fraction of sp³-hybridized carbons (Fsp3) is 0.462. The lowest BCUT2D eigenvalue weighted by Crippen LogP contribution is -2.64. The van der Waals surface area contributed by atoms with Gasteiger partial charge < -0.3 is 11.1 Å². The van der Waals surface area contributed by atoms with Crippen molar-refractivity contribution in [2.75, 3.05) is 0 Å². The molecule has 0 radical (unpaired) electrons. The third-order valence-electron chi connectivity index (χ3n) is 3.84. The van der Waals surface area contributed by atoms with Gasteiger partial charge in [-0.05, 0) is 18.6 Å². The van der Waals surface area contributed by atoms with E-state index in [1.54, 1.807) is 0 Å². The first-order valence-electron chi connectivity index (χ1n) is 5.84. The molecule has 5 heteroatoms. The Labute approximate surface area is 104 Å². The van der Waals surface area contributed by atoms with E-state index < -0.39 is 23.1 Å². The molecule has 1 aromatic rings. The van der Waals surface area contributed by atoms with E-state index in [0.717, 1.165) is 12.1 Å². The molecule has 0 aromatic heterocycles. The maximum absolute atomic E-state index is 13.4. The summed E-state index contributed by atoms with van der Waals surface area (Å²) in [6, 6.07) is 3.20. The summed E-state index contributed by atoms with van der Waals surface area (Å²) < 4.78 is 26.8. The summed E-state index contributed by atoms with van der Waals surface area (Å²) in [5.41, 5.74) is 5.04. The Hall–Kier alpha value is -1.49. The summed E-state index contributed by atoms with van der Waals surface area (Å²) >= 11 is 0. The summed E-state index contributed by atoms with van der Waals surface area (Å²) in [6.07, 6.45) is 0.620. The number of hydrogen-bond acceptors (Lipinski definition) is 2. The van der Waals surface area contributed by atoms with Crippen molar-refractivity contribution in [1.82, 2.24) is 5.32 Å². The van der Waals surface area contributed by atoms with Crippen LogP contribution in [0.3, 0.4) is 0 Å². The first kappa shape index (κ1) is 13.0. The molecule has 3 nitrogen and oxygen atoms in total. The molecule has 98 valence electrons. The fourth-order valence-corrected chi connectivity index (χ4v) is 2.15. The first-order valence-corrected chi connectivity index (χ1v) is 5.84. The fourth-order valence-electron chi connectivity index (χ4n) is 2.15. The van der Waals surface area contributed by atoms with E-state index in [2.05, 4.69) is 5.32 Å². The molecule has 0 spiro atoms. The number of carbonyl (C=O) groups is 1. The highest BCUT2D eigenvalue weighted by Crippen LogP contribution is 2.39. The summed E-state index contributed by atoms with van der Waals surface area (Å²) in [7, 11) is 0. The summed E-state index contributed by atoms with van der Waals surface area (Å²) in [4.78, 5) is 11.9. The second-order valence-electron chi connectivity index (χ2n) is 5.29. The minimum atomic E-state index is -0.853. The highest BCUT2D eigenvalue weighted by Gasteiger charge is 2.47. The first-order chi connectivity index (χ1) is 8.34. The van der Waals surface area contributed by atoms with Crippen LogP contribution in [0.25, 0.3) is 0 Å². The SMILES string of the molecule is CC1(C)C(N)CC1NC(=O)c1c(F)cccc1F. The molecular formula is C13H16F2N2O. The molecule has 0 heterocycles. The van der Waals surface area contributed by atoms with Crippen molar-refractivity contribution in [3.63, 3.8) is 0 Å². The number of hydrogen-bond donors (Lipinski definition) is 2. The molecule has 0 bridgehead atoms. The number of nitrogens with two attached hydrogens (primary N) is 1. The lowest BCUT2D eigenvalue weighted by atomic mass is 9.63. The molecule has 1 amide bonds. The third kappa shape index (κ3) is 1.99. The molecule has 1 aromatic carbocycles. The highest BCUT2D eigenvalue weighted by molar-refractivity contribution is 5.95. The van der Waals surface area contributed by atoms with Gasteiger partial charge in [0.1, 0.15) is 17.2 Å². The molecule has 1 saturated carbocycles. The Bertz CT molecular complexity index is 468. The minimum Gasteiger partial charge on any atom is -0.348 e. The van der Waals surface area contributed by atoms with E-state index >= 15 is 0 Å². The zero-order valence-corrected chi connectivity index (χ0v) is 10.3. The molecular weight excluding hydrogens is 238 g/mol. The lowest BCUT2D eigenvalue weighted by molar-refractivity contribution is 0.0581. The molecule has 1 aliphatic carbocycles. The average molecular weight is 254 g/mol. The van der Waals surface area contributed by atoms with Gasteiger partial charge in [0.2, 0.25) is 0 Å². The number of halogens is 2. The zero-order valence-electron chi connectivity index (χ0n) is 10.3. The van der Waals surface area contributed by atoms with Crippen molar-refractivity contribution >= 4 is 5.91 Å². The van der Waals surface area contributed by atoms with Crippen LogP contribution in [0.1, 0.15) is 30.6 Å². The molecule has 0 saturated heterocycles. The van der Waals surface area contributed by atoms with Crippen LogP contribution in [0, 0.1) is 17.0 Å². The van der Waals surface area contributed by atoms with Gasteiger partial charge in [-0.3, -0.25) is 4.79 Å². The van der Waals surface area contributed by atoms with Gasteiger partial charge in [0, 0.05) is 17.5 Å². The van der Waals surface area contributed by atoms with Crippen LogP contribution in [0.5, 0.6) is 0 Å². The van der Waals surface area contributed by atoms with Crippen LogP contribution in [-0.4, -0.2) is 18.0 Å². The van der Waals surface area contributed by atoms with Gasteiger partial charge in [-0.15, -0.1) is 0 Å². The number of nitrogens with one attached hydrogen (secondary N) is 1. The van der Waals surface area contributed by atoms with Crippen LogP contribution in [0.4, 0.5) is 8.78 Å². The van der Waals surface area contributed by atoms with E-state index in [9.17, 15) is 13.6 Å². The predicted octanol–water partition coefficient (Wildman–Crippen LogP) is 1.82. The van der Waals surface area contributed by atoms with Gasteiger partial charge in [0.05, 0.1) is 0 Å². The van der Waals surface area contributed by atoms with Gasteiger partial charge in [0.15, 0.2) is 0 Å². The Balaban J connectivity index is 2.14. The van der Waals surface area contributed by atoms with Crippen LogP contribution in [0.2, 0.25) is 0 Å². The molecule has 18 heavy (non-hydrogen) atoms. The number of carbonyl (C=O) groups excluding carboxylic acids is 1. The summed E-state index contributed by atoms with van der Waals surface area (Å²) in [6.45, 7) is 3.84. The molecule has 3 N–H and O–H groups in total. The van der Waals surface area contributed by atoms with Crippen molar-refractivity contribution in [3.05, 3.63) is 35.4 Å². The van der Waals surface area contributed by atoms with Gasteiger partial charge >= 0.3 is 0 Å². The summed E-state index contributed by atoms with van der Waals surface area (Å²) in [5.74, 6) is -2.43. The quantitative estimate of drug-likeness (QED) is 0.845. The van der Waals surface area contributed by atoms with E-state index in [4.69, 9.17) is 5.73 Å². The Morgan fingerprint density at radius 1 is 1.39 bits per heavy atom. The topological polar surface area (TPSA) is 55.1 Å². The maximum atomic E-state index is 13.4. The Morgan fingerprint density at radius 3 is 2.39 bits per heavy atom. The number of amides is 1. The molecule has 2 unspecified atom stereocenters. The minimum absolute atomic E-state index is 0.00623. The average Bonchev–Trinajstić information content (AvgIpc) is 2.28. The second kappa shape index (κ2) is 4.31. The number of rotatable bonds is 2. The lowest BCUT2D eigenvalue weighted by Gasteiger charge is -2.50. The molecule has 2 rings (SSSR count). The van der Waals surface area contributed by atoms with E-state index in [0.29, 0.717) is 6.42 Å². The van der Waals surface area contributed by atoms with Crippen molar-refractivity contribution in [2.24, 2.45) is 11.1 Å². The van der Waals surface area contributed by atoms with Crippen LogP contribution >= 0.6 is 0 Å². The van der Waals surface area contributed by atoms with E-state index in [-0.39, 0.29) is 17.5 Å². The smallest absolute Gasteiger partial charge is 0.257 e.